The van der Waals surface area contributed by atoms with Crippen LogP contribution in [0.5, 0.6) is 0 Å². The van der Waals surface area contributed by atoms with Gasteiger partial charge in [0.15, 0.2) is 0 Å². The van der Waals surface area contributed by atoms with Crippen molar-refractivity contribution >= 4 is 10.9 Å². The maximum atomic E-state index is 13.0. The van der Waals surface area contributed by atoms with E-state index in [2.05, 4.69) is 10.2 Å². The predicted molar refractivity (Wildman–Crippen MR) is 98.1 cm³/mol. The molecule has 25 heavy (non-hydrogen) atoms. The average Bonchev–Trinajstić information content (AvgIpc) is 3.08. The summed E-state index contributed by atoms with van der Waals surface area (Å²) in [6.45, 7) is 4.39. The number of hydrogen-bond acceptors (Lipinski definition) is 3. The minimum Gasteiger partial charge on any atom is -0.265 e. The van der Waals surface area contributed by atoms with Gasteiger partial charge in [0.25, 0.3) is 5.56 Å². The number of nitrogens with zero attached hydrogens (tertiary/aromatic N) is 4. The molecular formula is C20H18N4O. The first-order chi connectivity index (χ1) is 12.1. The third kappa shape index (κ3) is 2.74. The molecule has 0 amide bonds. The van der Waals surface area contributed by atoms with E-state index in [0.29, 0.717) is 12.1 Å². The Morgan fingerprint density at radius 3 is 2.40 bits per heavy atom. The van der Waals surface area contributed by atoms with E-state index in [1.165, 1.54) is 10.2 Å². The number of benzene rings is 2. The molecule has 0 saturated carbocycles. The lowest BCUT2D eigenvalue weighted by Gasteiger charge is -2.09. The molecule has 2 heterocycles. The Morgan fingerprint density at radius 1 is 0.960 bits per heavy atom. The largest absolute Gasteiger partial charge is 0.293 e. The molecule has 0 aliphatic rings. The molecule has 0 spiro atoms. The molecule has 4 rings (SSSR count). The van der Waals surface area contributed by atoms with Crippen LogP contribution in [0.2, 0.25) is 0 Å². The molecule has 0 unspecified atom stereocenters. The number of fused-ring (bicyclic) bond motifs is 1. The summed E-state index contributed by atoms with van der Waals surface area (Å²) >= 11 is 0. The standard InChI is InChI=1S/C20H18N4O/c1-14-8-10-16(11-9-14)13-23-20(25)19-18(15(2)22-23)12-21-24(19)17-6-4-3-5-7-17/h3-12H,13H2,1-2H3. The summed E-state index contributed by atoms with van der Waals surface area (Å²) < 4.78 is 3.21. The fourth-order valence-corrected chi connectivity index (χ4v) is 2.96. The summed E-state index contributed by atoms with van der Waals surface area (Å²) in [5.74, 6) is 0. The second kappa shape index (κ2) is 6.02. The van der Waals surface area contributed by atoms with Crippen LogP contribution in [0, 0.1) is 13.8 Å². The number of aromatic nitrogens is 4. The van der Waals surface area contributed by atoms with Crippen molar-refractivity contribution in [1.29, 1.82) is 0 Å². The molecule has 4 aromatic rings. The molecular weight excluding hydrogens is 312 g/mol. The monoisotopic (exact) mass is 330 g/mol. The zero-order chi connectivity index (χ0) is 17.4. The van der Waals surface area contributed by atoms with Crippen molar-refractivity contribution in [2.75, 3.05) is 0 Å². The van der Waals surface area contributed by atoms with E-state index in [1.54, 1.807) is 10.9 Å². The summed E-state index contributed by atoms with van der Waals surface area (Å²) in [7, 11) is 0. The lowest BCUT2D eigenvalue weighted by molar-refractivity contribution is 0.634. The highest BCUT2D eigenvalue weighted by Crippen LogP contribution is 2.17. The van der Waals surface area contributed by atoms with Crippen LogP contribution >= 0.6 is 0 Å². The van der Waals surface area contributed by atoms with Crippen molar-refractivity contribution in [3.05, 3.63) is 88.0 Å². The number of aryl methyl sites for hydroxylation is 2. The molecule has 0 aliphatic heterocycles. The quantitative estimate of drug-likeness (QED) is 0.579. The maximum absolute atomic E-state index is 13.0. The fourth-order valence-electron chi connectivity index (χ4n) is 2.96. The maximum Gasteiger partial charge on any atom is 0.293 e. The van der Waals surface area contributed by atoms with E-state index in [9.17, 15) is 4.79 Å². The van der Waals surface area contributed by atoms with Gasteiger partial charge in [-0.05, 0) is 31.5 Å². The van der Waals surface area contributed by atoms with Crippen molar-refractivity contribution < 1.29 is 0 Å². The van der Waals surface area contributed by atoms with Gasteiger partial charge in [0.2, 0.25) is 0 Å². The van der Waals surface area contributed by atoms with Crippen molar-refractivity contribution in [3.8, 4) is 5.69 Å². The van der Waals surface area contributed by atoms with Gasteiger partial charge in [-0.1, -0.05) is 48.0 Å². The highest BCUT2D eigenvalue weighted by Gasteiger charge is 2.15. The molecule has 5 heteroatoms. The van der Waals surface area contributed by atoms with Gasteiger partial charge in [-0.15, -0.1) is 0 Å². The van der Waals surface area contributed by atoms with E-state index in [-0.39, 0.29) is 5.56 Å². The molecule has 5 nitrogen and oxygen atoms in total. The Bertz CT molecular complexity index is 1090. The van der Waals surface area contributed by atoms with E-state index in [4.69, 9.17) is 0 Å². The summed E-state index contributed by atoms with van der Waals surface area (Å²) in [5.41, 5.74) is 4.32. The Labute approximate surface area is 145 Å². The van der Waals surface area contributed by atoms with E-state index in [0.717, 1.165) is 22.3 Å². The predicted octanol–water partition coefficient (Wildman–Crippen LogP) is 3.25. The topological polar surface area (TPSA) is 52.7 Å². The smallest absolute Gasteiger partial charge is 0.265 e. The van der Waals surface area contributed by atoms with Crippen LogP contribution in [0.3, 0.4) is 0 Å². The molecule has 0 aliphatic carbocycles. The van der Waals surface area contributed by atoms with Crippen LogP contribution in [-0.2, 0) is 6.54 Å². The van der Waals surface area contributed by atoms with Crippen LogP contribution in [0.15, 0.2) is 65.6 Å². The van der Waals surface area contributed by atoms with Crippen LogP contribution in [0.4, 0.5) is 0 Å². The Balaban J connectivity index is 1.88. The minimum atomic E-state index is -0.137. The van der Waals surface area contributed by atoms with Gasteiger partial charge < -0.3 is 0 Å². The molecule has 0 saturated heterocycles. The Hall–Kier alpha value is -3.21. The molecule has 124 valence electrons. The number of hydrogen-bond donors (Lipinski definition) is 0. The molecule has 0 radical (unpaired) electrons. The molecule has 2 aromatic heterocycles. The minimum absolute atomic E-state index is 0.137. The normalized spacial score (nSPS) is 11.1. The second-order valence-electron chi connectivity index (χ2n) is 6.19. The van der Waals surface area contributed by atoms with Gasteiger partial charge in [0.1, 0.15) is 5.52 Å². The van der Waals surface area contributed by atoms with Crippen molar-refractivity contribution in [1.82, 2.24) is 19.6 Å². The first kappa shape index (κ1) is 15.3. The van der Waals surface area contributed by atoms with E-state index < -0.39 is 0 Å². The Morgan fingerprint density at radius 2 is 1.68 bits per heavy atom. The third-order valence-corrected chi connectivity index (χ3v) is 4.32. The summed E-state index contributed by atoms with van der Waals surface area (Å²) in [5, 5.41) is 9.67. The molecule has 0 fully saturated rings. The van der Waals surface area contributed by atoms with Gasteiger partial charge in [-0.2, -0.15) is 10.2 Å². The van der Waals surface area contributed by atoms with Gasteiger partial charge in [0, 0.05) is 5.39 Å². The van der Waals surface area contributed by atoms with Crippen LogP contribution in [0.25, 0.3) is 16.6 Å². The second-order valence-corrected chi connectivity index (χ2v) is 6.19. The van der Waals surface area contributed by atoms with Crippen molar-refractivity contribution in [3.63, 3.8) is 0 Å². The molecule has 0 N–H and O–H groups in total. The molecule has 2 aromatic carbocycles. The van der Waals surface area contributed by atoms with Crippen LogP contribution < -0.4 is 5.56 Å². The lowest BCUT2D eigenvalue weighted by atomic mass is 10.1. The van der Waals surface area contributed by atoms with E-state index >= 15 is 0 Å². The highest BCUT2D eigenvalue weighted by molar-refractivity contribution is 5.81. The summed E-state index contributed by atoms with van der Waals surface area (Å²) in [6, 6.07) is 17.8. The van der Waals surface area contributed by atoms with Gasteiger partial charge in [-0.3, -0.25) is 4.79 Å². The van der Waals surface area contributed by atoms with E-state index in [1.807, 2.05) is 68.4 Å². The molecule has 0 atom stereocenters. The first-order valence-corrected chi connectivity index (χ1v) is 8.20. The SMILES string of the molecule is Cc1ccc(Cn2nc(C)c3cnn(-c4ccccc4)c3c2=O)cc1. The van der Waals surface area contributed by atoms with Gasteiger partial charge >= 0.3 is 0 Å². The number of rotatable bonds is 3. The van der Waals surface area contributed by atoms with Crippen molar-refractivity contribution in [2.24, 2.45) is 0 Å². The molecule has 0 bridgehead atoms. The van der Waals surface area contributed by atoms with Gasteiger partial charge in [0.05, 0.1) is 24.1 Å². The fraction of sp³-hybridized carbons (Fsp3) is 0.150. The van der Waals surface area contributed by atoms with Crippen LogP contribution in [-0.4, -0.2) is 19.6 Å². The lowest BCUT2D eigenvalue weighted by Crippen LogP contribution is -2.26. The van der Waals surface area contributed by atoms with Crippen LogP contribution in [0.1, 0.15) is 16.8 Å². The third-order valence-electron chi connectivity index (χ3n) is 4.32. The van der Waals surface area contributed by atoms with Gasteiger partial charge in [-0.25, -0.2) is 9.36 Å². The average molecular weight is 330 g/mol. The highest BCUT2D eigenvalue weighted by atomic mass is 16.1. The first-order valence-electron chi connectivity index (χ1n) is 8.20. The summed E-state index contributed by atoms with van der Waals surface area (Å²) in [6.07, 6.45) is 1.71. The summed E-state index contributed by atoms with van der Waals surface area (Å²) in [4.78, 5) is 13.0. The number of para-hydroxylation sites is 1. The zero-order valence-corrected chi connectivity index (χ0v) is 14.2. The zero-order valence-electron chi connectivity index (χ0n) is 14.2. The Kier molecular flexibility index (Phi) is 3.69. The van der Waals surface area contributed by atoms with Crippen molar-refractivity contribution in [2.45, 2.75) is 20.4 Å².